The normalized spacial score (nSPS) is 10.9. The van der Waals surface area contributed by atoms with E-state index in [-0.39, 0.29) is 42.0 Å². The van der Waals surface area contributed by atoms with Crippen LogP contribution in [0.2, 0.25) is 0 Å². The number of rotatable bonds is 10. The number of ketones is 1. The van der Waals surface area contributed by atoms with E-state index in [1.165, 1.54) is 6.21 Å². The molecule has 0 aliphatic rings. The second-order valence-electron chi connectivity index (χ2n) is 6.56. The molecule has 0 heterocycles. The van der Waals surface area contributed by atoms with E-state index < -0.39 is 5.97 Å². The number of carboxylic acids is 1. The van der Waals surface area contributed by atoms with E-state index in [0.717, 1.165) is 11.1 Å². The summed E-state index contributed by atoms with van der Waals surface area (Å²) in [5.41, 5.74) is 16.0. The predicted octanol–water partition coefficient (Wildman–Crippen LogP) is 2.38. The number of hydrazone groups is 1. The van der Waals surface area contributed by atoms with Crippen molar-refractivity contribution in [3.8, 4) is 11.1 Å². The molecule has 0 spiro atoms. The molecule has 0 saturated carbocycles. The standard InChI is InChI=1S/C21H24N4O4/c22-20-15(3-1-5-18(28)29)11-16(14-8-6-13(7-9-14)12-25-24)21(23)19(20)17(27)4-2-10-26/h6-12H,1-5,22-24H2,(H,28,29). The predicted molar refractivity (Wildman–Crippen MR) is 113 cm³/mol. The van der Waals surface area contributed by atoms with Crippen molar-refractivity contribution in [3.63, 3.8) is 0 Å². The van der Waals surface area contributed by atoms with E-state index in [1.54, 1.807) is 18.2 Å². The molecule has 0 aliphatic heterocycles. The third-order valence-electron chi connectivity index (χ3n) is 4.54. The minimum Gasteiger partial charge on any atom is -0.481 e. The van der Waals surface area contributed by atoms with E-state index in [4.69, 9.17) is 22.4 Å². The third kappa shape index (κ3) is 5.41. The molecule has 8 nitrogen and oxygen atoms in total. The highest BCUT2D eigenvalue weighted by Crippen LogP contribution is 2.36. The third-order valence-corrected chi connectivity index (χ3v) is 4.54. The van der Waals surface area contributed by atoms with Crippen LogP contribution in [0.25, 0.3) is 11.1 Å². The summed E-state index contributed by atoms with van der Waals surface area (Å²) >= 11 is 0. The maximum absolute atomic E-state index is 12.7. The van der Waals surface area contributed by atoms with Crippen LogP contribution in [0.15, 0.2) is 35.4 Å². The highest BCUT2D eigenvalue weighted by molar-refractivity contribution is 6.09. The molecule has 0 saturated heterocycles. The molecule has 0 radical (unpaired) electrons. The molecular weight excluding hydrogens is 372 g/mol. The van der Waals surface area contributed by atoms with Crippen LogP contribution in [-0.2, 0) is 16.0 Å². The zero-order chi connectivity index (χ0) is 21.4. The molecule has 0 unspecified atom stereocenters. The summed E-state index contributed by atoms with van der Waals surface area (Å²) < 4.78 is 0. The van der Waals surface area contributed by atoms with Gasteiger partial charge in [-0.1, -0.05) is 24.3 Å². The minimum atomic E-state index is -0.904. The van der Waals surface area contributed by atoms with Crippen LogP contribution in [-0.4, -0.2) is 29.4 Å². The largest absolute Gasteiger partial charge is 0.481 e. The molecule has 2 aromatic rings. The fourth-order valence-electron chi connectivity index (χ4n) is 3.10. The van der Waals surface area contributed by atoms with Gasteiger partial charge in [0.1, 0.15) is 6.29 Å². The Morgan fingerprint density at radius 2 is 1.76 bits per heavy atom. The lowest BCUT2D eigenvalue weighted by Crippen LogP contribution is -2.12. The number of hydrogen-bond donors (Lipinski definition) is 4. The maximum atomic E-state index is 12.7. The molecule has 7 N–H and O–H groups in total. The van der Waals surface area contributed by atoms with Gasteiger partial charge in [0.25, 0.3) is 0 Å². The van der Waals surface area contributed by atoms with E-state index >= 15 is 0 Å². The molecule has 0 aromatic heterocycles. The number of aliphatic carboxylic acids is 1. The monoisotopic (exact) mass is 396 g/mol. The van der Waals surface area contributed by atoms with Crippen molar-refractivity contribution in [1.29, 1.82) is 0 Å². The average molecular weight is 396 g/mol. The quantitative estimate of drug-likeness (QED) is 0.120. The van der Waals surface area contributed by atoms with Gasteiger partial charge in [0.15, 0.2) is 5.78 Å². The molecule has 8 heteroatoms. The Labute approximate surface area is 168 Å². The molecule has 152 valence electrons. The summed E-state index contributed by atoms with van der Waals surface area (Å²) in [4.78, 5) is 34.2. The van der Waals surface area contributed by atoms with Crippen LogP contribution < -0.4 is 17.3 Å². The van der Waals surface area contributed by atoms with Gasteiger partial charge in [0, 0.05) is 30.5 Å². The van der Waals surface area contributed by atoms with Crippen LogP contribution in [0.4, 0.5) is 11.4 Å². The van der Waals surface area contributed by atoms with Crippen molar-refractivity contribution >= 4 is 35.6 Å². The van der Waals surface area contributed by atoms with E-state index in [1.807, 2.05) is 12.1 Å². The number of anilines is 2. The van der Waals surface area contributed by atoms with Crippen molar-refractivity contribution in [2.45, 2.75) is 32.1 Å². The van der Waals surface area contributed by atoms with Gasteiger partial charge in [-0.3, -0.25) is 9.59 Å². The zero-order valence-corrected chi connectivity index (χ0v) is 15.9. The molecule has 0 aliphatic carbocycles. The number of carboxylic acid groups (broad SMARTS) is 1. The summed E-state index contributed by atoms with van der Waals surface area (Å²) in [5, 5.41) is 12.4. The lowest BCUT2D eigenvalue weighted by molar-refractivity contribution is -0.137. The lowest BCUT2D eigenvalue weighted by atomic mass is 9.90. The minimum absolute atomic E-state index is 0.00181. The van der Waals surface area contributed by atoms with Gasteiger partial charge in [0.2, 0.25) is 0 Å². The Morgan fingerprint density at radius 3 is 2.34 bits per heavy atom. The topological polar surface area (TPSA) is 162 Å². The molecular formula is C21H24N4O4. The van der Waals surface area contributed by atoms with Crippen LogP contribution in [0.1, 0.15) is 47.2 Å². The Hall–Kier alpha value is -3.68. The Kier molecular flexibility index (Phi) is 7.47. The number of nitrogen functional groups attached to an aromatic ring is 2. The smallest absolute Gasteiger partial charge is 0.303 e. The van der Waals surface area contributed by atoms with Gasteiger partial charge in [-0.25, -0.2) is 0 Å². The number of Topliss-reactive ketones (excluding diaryl/α,β-unsaturated/α-hetero) is 1. The van der Waals surface area contributed by atoms with E-state index in [9.17, 15) is 14.4 Å². The summed E-state index contributed by atoms with van der Waals surface area (Å²) in [5.74, 6) is 3.94. The SMILES string of the molecule is NN=Cc1ccc(-c2cc(CCCC(=O)O)c(N)c(C(=O)CCC=O)c2N)cc1. The zero-order valence-electron chi connectivity index (χ0n) is 15.9. The Bertz CT molecular complexity index is 937. The first kappa shape index (κ1) is 21.6. The molecule has 0 atom stereocenters. The van der Waals surface area contributed by atoms with Crippen molar-refractivity contribution in [1.82, 2.24) is 0 Å². The molecule has 2 aromatic carbocycles. The fourth-order valence-corrected chi connectivity index (χ4v) is 3.10. The second-order valence-corrected chi connectivity index (χ2v) is 6.56. The summed E-state index contributed by atoms with van der Waals surface area (Å²) in [7, 11) is 0. The number of carbonyl (C=O) groups excluding carboxylic acids is 2. The van der Waals surface area contributed by atoms with Crippen molar-refractivity contribution in [3.05, 3.63) is 47.0 Å². The molecule has 0 fully saturated rings. The number of carbonyl (C=O) groups is 3. The molecule has 29 heavy (non-hydrogen) atoms. The summed E-state index contributed by atoms with van der Waals surface area (Å²) in [6.45, 7) is 0. The number of hydrogen-bond acceptors (Lipinski definition) is 7. The van der Waals surface area contributed by atoms with Crippen molar-refractivity contribution in [2.75, 3.05) is 11.5 Å². The van der Waals surface area contributed by atoms with Gasteiger partial charge >= 0.3 is 5.97 Å². The van der Waals surface area contributed by atoms with E-state index in [2.05, 4.69) is 5.10 Å². The average Bonchev–Trinajstić information content (AvgIpc) is 2.69. The summed E-state index contributed by atoms with van der Waals surface area (Å²) in [6.07, 6.45) is 2.99. The van der Waals surface area contributed by atoms with E-state index in [0.29, 0.717) is 30.3 Å². The first-order chi connectivity index (χ1) is 13.9. The highest BCUT2D eigenvalue weighted by atomic mass is 16.4. The lowest BCUT2D eigenvalue weighted by Gasteiger charge is -2.17. The second kappa shape index (κ2) is 10.0. The Morgan fingerprint density at radius 1 is 1.07 bits per heavy atom. The Balaban J connectivity index is 2.54. The van der Waals surface area contributed by atoms with Gasteiger partial charge < -0.3 is 27.2 Å². The van der Waals surface area contributed by atoms with Crippen LogP contribution in [0, 0.1) is 0 Å². The molecule has 0 bridgehead atoms. The van der Waals surface area contributed by atoms with Crippen LogP contribution in [0.3, 0.4) is 0 Å². The number of aryl methyl sites for hydroxylation is 1. The van der Waals surface area contributed by atoms with Crippen molar-refractivity contribution < 1.29 is 19.5 Å². The summed E-state index contributed by atoms with van der Waals surface area (Å²) in [6, 6.07) is 9.03. The number of aldehydes is 1. The number of benzene rings is 2. The number of nitrogens with zero attached hydrogens (tertiary/aromatic N) is 1. The molecule has 2 rings (SSSR count). The number of nitrogens with two attached hydrogens (primary N) is 3. The van der Waals surface area contributed by atoms with Gasteiger partial charge in [-0.05, 0) is 35.6 Å². The maximum Gasteiger partial charge on any atom is 0.303 e. The van der Waals surface area contributed by atoms with Gasteiger partial charge in [0.05, 0.1) is 17.5 Å². The fraction of sp³-hybridized carbons (Fsp3) is 0.238. The first-order valence-electron chi connectivity index (χ1n) is 9.12. The van der Waals surface area contributed by atoms with Gasteiger partial charge in [-0.2, -0.15) is 5.10 Å². The van der Waals surface area contributed by atoms with Gasteiger partial charge in [-0.15, -0.1) is 0 Å². The molecule has 0 amide bonds. The van der Waals surface area contributed by atoms with Crippen LogP contribution in [0.5, 0.6) is 0 Å². The van der Waals surface area contributed by atoms with Crippen LogP contribution >= 0.6 is 0 Å². The van der Waals surface area contributed by atoms with Crippen molar-refractivity contribution in [2.24, 2.45) is 10.9 Å². The highest BCUT2D eigenvalue weighted by Gasteiger charge is 2.20. The first-order valence-corrected chi connectivity index (χ1v) is 9.12.